The van der Waals surface area contributed by atoms with Crippen LogP contribution in [-0.2, 0) is 11.3 Å². The summed E-state index contributed by atoms with van der Waals surface area (Å²) >= 11 is 6.09. The second-order valence-electron chi connectivity index (χ2n) is 7.38. The van der Waals surface area contributed by atoms with Gasteiger partial charge in [-0.2, -0.15) is 0 Å². The highest BCUT2D eigenvalue weighted by Gasteiger charge is 2.47. The number of ether oxygens (including phenoxy) is 1. The van der Waals surface area contributed by atoms with Crippen molar-refractivity contribution in [3.8, 4) is 0 Å². The fraction of sp³-hybridized carbons (Fsp3) is 0.684. The zero-order valence-corrected chi connectivity index (χ0v) is 15.3. The molecular weight excluding hydrogens is 324 g/mol. The lowest BCUT2D eigenvalue weighted by Crippen LogP contribution is -2.44. The van der Waals surface area contributed by atoms with Crippen molar-refractivity contribution in [2.24, 2.45) is 11.3 Å². The molecule has 4 nitrogen and oxygen atoms in total. The first-order chi connectivity index (χ1) is 11.6. The van der Waals surface area contributed by atoms with E-state index in [0.717, 1.165) is 50.9 Å². The number of rotatable bonds is 6. The molecule has 0 amide bonds. The maximum atomic E-state index is 9.87. The number of hydrogen-bond donors (Lipinski definition) is 1. The number of halogens is 1. The Morgan fingerprint density at radius 3 is 2.75 bits per heavy atom. The molecule has 5 heteroatoms. The zero-order chi connectivity index (χ0) is 17.0. The van der Waals surface area contributed by atoms with E-state index in [-0.39, 0.29) is 5.41 Å². The lowest BCUT2D eigenvalue weighted by Gasteiger charge is -2.42. The molecule has 2 heterocycles. The Bertz CT molecular complexity index is 532. The van der Waals surface area contributed by atoms with Gasteiger partial charge in [0.25, 0.3) is 0 Å². The molecule has 2 aliphatic rings. The number of piperidine rings is 1. The lowest BCUT2D eigenvalue weighted by molar-refractivity contribution is 0.0477. The average Bonchev–Trinajstić information content (AvgIpc) is 2.93. The number of benzene rings is 1. The minimum Gasteiger partial charge on any atom is -0.396 e. The normalized spacial score (nSPS) is 24.7. The predicted octanol–water partition coefficient (Wildman–Crippen LogP) is 2.49. The number of nitrogens with zero attached hydrogens (tertiary/aromatic N) is 2. The van der Waals surface area contributed by atoms with E-state index >= 15 is 0 Å². The van der Waals surface area contributed by atoms with E-state index in [1.54, 1.807) is 7.11 Å². The standard InChI is InChI=1S/C19H29ClN2O2/c1-24-10-9-22-13-17(14-23)19(15-22)5-7-21(8-6-19)12-16-3-2-4-18(20)11-16/h2-4,11,17,23H,5-10,12-15H2,1H3. The van der Waals surface area contributed by atoms with E-state index in [1.807, 2.05) is 12.1 Å². The molecule has 2 aliphatic heterocycles. The summed E-state index contributed by atoms with van der Waals surface area (Å²) in [4.78, 5) is 4.99. The smallest absolute Gasteiger partial charge is 0.0589 e. The minimum absolute atomic E-state index is 0.285. The van der Waals surface area contributed by atoms with Crippen LogP contribution in [0.3, 0.4) is 0 Å². The molecule has 1 atom stereocenters. The number of hydrogen-bond acceptors (Lipinski definition) is 4. The van der Waals surface area contributed by atoms with Crippen molar-refractivity contribution in [1.82, 2.24) is 9.80 Å². The topological polar surface area (TPSA) is 35.9 Å². The van der Waals surface area contributed by atoms with E-state index in [1.165, 1.54) is 18.4 Å². The third-order valence-corrected chi connectivity index (χ3v) is 6.10. The minimum atomic E-state index is 0.285. The molecule has 0 bridgehead atoms. The largest absolute Gasteiger partial charge is 0.396 e. The van der Waals surface area contributed by atoms with Gasteiger partial charge in [-0.15, -0.1) is 0 Å². The molecule has 0 aromatic heterocycles. The van der Waals surface area contributed by atoms with Crippen LogP contribution in [0.15, 0.2) is 24.3 Å². The Morgan fingerprint density at radius 2 is 2.08 bits per heavy atom. The summed E-state index contributed by atoms with van der Waals surface area (Å²) < 4.78 is 5.22. The number of likely N-dealkylation sites (tertiary alicyclic amines) is 2. The molecule has 1 spiro atoms. The highest BCUT2D eigenvalue weighted by Crippen LogP contribution is 2.44. The second-order valence-corrected chi connectivity index (χ2v) is 7.81. The highest BCUT2D eigenvalue weighted by atomic mass is 35.5. The molecule has 2 saturated heterocycles. The van der Waals surface area contributed by atoms with Crippen LogP contribution in [0, 0.1) is 11.3 Å². The molecule has 2 fully saturated rings. The fourth-order valence-electron chi connectivity index (χ4n) is 4.40. The third-order valence-electron chi connectivity index (χ3n) is 5.86. The Morgan fingerprint density at radius 1 is 1.29 bits per heavy atom. The van der Waals surface area contributed by atoms with Gasteiger partial charge < -0.3 is 14.7 Å². The molecule has 1 aromatic carbocycles. The van der Waals surface area contributed by atoms with Gasteiger partial charge in [0, 0.05) is 50.8 Å². The van der Waals surface area contributed by atoms with Gasteiger partial charge in [0.05, 0.1) is 6.61 Å². The molecule has 1 unspecified atom stereocenters. The molecule has 134 valence electrons. The van der Waals surface area contributed by atoms with Gasteiger partial charge >= 0.3 is 0 Å². The Labute approximate surface area is 150 Å². The van der Waals surface area contributed by atoms with Crippen molar-refractivity contribution < 1.29 is 9.84 Å². The van der Waals surface area contributed by atoms with Gasteiger partial charge in [0.2, 0.25) is 0 Å². The number of aliphatic hydroxyl groups is 1. The van der Waals surface area contributed by atoms with E-state index in [9.17, 15) is 5.11 Å². The first kappa shape index (κ1) is 18.2. The highest BCUT2D eigenvalue weighted by molar-refractivity contribution is 6.30. The van der Waals surface area contributed by atoms with Gasteiger partial charge in [0.1, 0.15) is 0 Å². The van der Waals surface area contributed by atoms with Crippen LogP contribution < -0.4 is 0 Å². The SMILES string of the molecule is COCCN1CC(CO)C2(CCN(Cc3cccc(Cl)c3)CC2)C1. The quantitative estimate of drug-likeness (QED) is 0.853. The fourth-order valence-corrected chi connectivity index (χ4v) is 4.62. The van der Waals surface area contributed by atoms with Crippen molar-refractivity contribution in [2.75, 3.05) is 53.0 Å². The van der Waals surface area contributed by atoms with Crippen molar-refractivity contribution in [3.05, 3.63) is 34.9 Å². The van der Waals surface area contributed by atoms with Gasteiger partial charge in [0.15, 0.2) is 0 Å². The third kappa shape index (κ3) is 4.12. The summed E-state index contributed by atoms with van der Waals surface area (Å²) in [6.45, 7) is 7.32. The number of aliphatic hydroxyl groups excluding tert-OH is 1. The van der Waals surface area contributed by atoms with Gasteiger partial charge in [-0.25, -0.2) is 0 Å². The molecule has 1 aromatic rings. The molecule has 0 radical (unpaired) electrons. The first-order valence-corrected chi connectivity index (χ1v) is 9.32. The molecule has 24 heavy (non-hydrogen) atoms. The van der Waals surface area contributed by atoms with E-state index in [4.69, 9.17) is 16.3 Å². The second kappa shape index (κ2) is 8.15. The van der Waals surface area contributed by atoms with Crippen molar-refractivity contribution in [1.29, 1.82) is 0 Å². The first-order valence-electron chi connectivity index (χ1n) is 8.94. The van der Waals surface area contributed by atoms with Crippen molar-refractivity contribution in [2.45, 2.75) is 19.4 Å². The van der Waals surface area contributed by atoms with Crippen LogP contribution in [0.2, 0.25) is 5.02 Å². The zero-order valence-electron chi connectivity index (χ0n) is 14.6. The summed E-state index contributed by atoms with van der Waals surface area (Å²) in [5.74, 6) is 0.405. The number of methoxy groups -OCH3 is 1. The van der Waals surface area contributed by atoms with E-state index < -0.39 is 0 Å². The Hall–Kier alpha value is -0.650. The lowest BCUT2D eigenvalue weighted by atomic mass is 9.71. The average molecular weight is 353 g/mol. The maximum absolute atomic E-state index is 9.87. The van der Waals surface area contributed by atoms with Crippen LogP contribution in [0.5, 0.6) is 0 Å². The van der Waals surface area contributed by atoms with Crippen LogP contribution in [-0.4, -0.2) is 68.0 Å². The monoisotopic (exact) mass is 352 g/mol. The summed E-state index contributed by atoms with van der Waals surface area (Å²) in [5.41, 5.74) is 1.57. The van der Waals surface area contributed by atoms with Gasteiger partial charge in [-0.05, 0) is 49.0 Å². The summed E-state index contributed by atoms with van der Waals surface area (Å²) in [6.07, 6.45) is 2.34. The predicted molar refractivity (Wildman–Crippen MR) is 97.3 cm³/mol. The summed E-state index contributed by atoms with van der Waals surface area (Å²) in [5, 5.41) is 10.7. The Balaban J connectivity index is 1.56. The van der Waals surface area contributed by atoms with E-state index in [0.29, 0.717) is 12.5 Å². The Kier molecular flexibility index (Phi) is 6.17. The van der Waals surface area contributed by atoms with E-state index in [2.05, 4.69) is 21.9 Å². The van der Waals surface area contributed by atoms with Crippen LogP contribution in [0.4, 0.5) is 0 Å². The molecular formula is C19H29ClN2O2. The summed E-state index contributed by atoms with van der Waals surface area (Å²) in [6, 6.07) is 8.16. The van der Waals surface area contributed by atoms with Crippen molar-refractivity contribution in [3.63, 3.8) is 0 Å². The van der Waals surface area contributed by atoms with Crippen LogP contribution in [0.1, 0.15) is 18.4 Å². The molecule has 3 rings (SSSR count). The van der Waals surface area contributed by atoms with Crippen LogP contribution >= 0.6 is 11.6 Å². The maximum Gasteiger partial charge on any atom is 0.0589 e. The molecule has 1 N–H and O–H groups in total. The van der Waals surface area contributed by atoms with Crippen molar-refractivity contribution >= 4 is 11.6 Å². The van der Waals surface area contributed by atoms with Gasteiger partial charge in [-0.1, -0.05) is 23.7 Å². The molecule has 0 aliphatic carbocycles. The molecule has 0 saturated carbocycles. The van der Waals surface area contributed by atoms with Crippen LogP contribution in [0.25, 0.3) is 0 Å². The summed E-state index contributed by atoms with van der Waals surface area (Å²) in [7, 11) is 1.75. The van der Waals surface area contributed by atoms with Gasteiger partial charge in [-0.3, -0.25) is 4.90 Å².